The Morgan fingerprint density at radius 2 is 2.47 bits per heavy atom. The smallest absolute Gasteiger partial charge is 0.240 e. The van der Waals surface area contributed by atoms with Crippen LogP contribution in [0.1, 0.15) is 12.8 Å². The SMILES string of the molecule is CN(CC(=O)Nc1nccs1)CC1CC(O)C1. The van der Waals surface area contributed by atoms with E-state index in [1.807, 2.05) is 17.3 Å². The number of aromatic nitrogens is 1. The van der Waals surface area contributed by atoms with E-state index in [4.69, 9.17) is 0 Å². The minimum Gasteiger partial charge on any atom is -0.393 e. The van der Waals surface area contributed by atoms with E-state index < -0.39 is 0 Å². The Kier molecular flexibility index (Phi) is 4.09. The lowest BCUT2D eigenvalue weighted by molar-refractivity contribution is -0.117. The number of amides is 1. The molecule has 2 rings (SSSR count). The molecule has 1 aromatic heterocycles. The van der Waals surface area contributed by atoms with Gasteiger partial charge in [0.25, 0.3) is 0 Å². The zero-order valence-electron chi connectivity index (χ0n) is 9.80. The van der Waals surface area contributed by atoms with Crippen LogP contribution >= 0.6 is 11.3 Å². The summed E-state index contributed by atoms with van der Waals surface area (Å²) in [6, 6.07) is 0. The van der Waals surface area contributed by atoms with E-state index in [2.05, 4.69) is 10.3 Å². The van der Waals surface area contributed by atoms with Gasteiger partial charge < -0.3 is 10.4 Å². The van der Waals surface area contributed by atoms with E-state index in [-0.39, 0.29) is 12.0 Å². The second-order valence-electron chi connectivity index (χ2n) is 4.57. The second kappa shape index (κ2) is 5.57. The van der Waals surface area contributed by atoms with Crippen molar-refractivity contribution in [1.29, 1.82) is 0 Å². The van der Waals surface area contributed by atoms with Crippen molar-refractivity contribution >= 4 is 22.4 Å². The number of carbonyl (C=O) groups is 1. The number of likely N-dealkylation sites (N-methyl/N-ethyl adjacent to an activating group) is 1. The molecule has 0 aliphatic heterocycles. The molecule has 17 heavy (non-hydrogen) atoms. The molecular formula is C11H17N3O2S. The van der Waals surface area contributed by atoms with Crippen LogP contribution in [0, 0.1) is 5.92 Å². The van der Waals surface area contributed by atoms with Crippen molar-refractivity contribution < 1.29 is 9.90 Å². The Bertz CT molecular complexity index is 363. The molecule has 0 unspecified atom stereocenters. The molecule has 5 nitrogen and oxygen atoms in total. The summed E-state index contributed by atoms with van der Waals surface area (Å²) < 4.78 is 0. The number of anilines is 1. The lowest BCUT2D eigenvalue weighted by Gasteiger charge is -2.34. The lowest BCUT2D eigenvalue weighted by atomic mass is 9.82. The monoisotopic (exact) mass is 255 g/mol. The molecule has 94 valence electrons. The summed E-state index contributed by atoms with van der Waals surface area (Å²) in [5.41, 5.74) is 0. The fourth-order valence-electron chi connectivity index (χ4n) is 2.04. The second-order valence-corrected chi connectivity index (χ2v) is 5.47. The molecule has 1 saturated carbocycles. The Hall–Kier alpha value is -0.980. The quantitative estimate of drug-likeness (QED) is 0.816. The van der Waals surface area contributed by atoms with Crippen molar-refractivity contribution in [2.45, 2.75) is 18.9 Å². The van der Waals surface area contributed by atoms with Crippen molar-refractivity contribution in [3.8, 4) is 0 Å². The van der Waals surface area contributed by atoms with Crippen LogP contribution in [0.15, 0.2) is 11.6 Å². The van der Waals surface area contributed by atoms with Gasteiger partial charge in [0.15, 0.2) is 5.13 Å². The Labute approximate surface area is 104 Å². The molecule has 0 spiro atoms. The molecular weight excluding hydrogens is 238 g/mol. The zero-order chi connectivity index (χ0) is 12.3. The average Bonchev–Trinajstić information content (AvgIpc) is 2.67. The van der Waals surface area contributed by atoms with E-state index in [1.54, 1.807) is 6.20 Å². The van der Waals surface area contributed by atoms with Gasteiger partial charge in [-0.2, -0.15) is 0 Å². The maximum absolute atomic E-state index is 11.6. The lowest BCUT2D eigenvalue weighted by Crippen LogP contribution is -2.39. The van der Waals surface area contributed by atoms with Gasteiger partial charge in [-0.25, -0.2) is 4.98 Å². The first-order valence-electron chi connectivity index (χ1n) is 5.69. The van der Waals surface area contributed by atoms with E-state index in [1.165, 1.54) is 11.3 Å². The minimum atomic E-state index is -0.127. The standard InChI is InChI=1S/C11H17N3O2S/c1-14(6-8-4-9(15)5-8)7-10(16)13-11-12-2-3-17-11/h2-3,8-9,15H,4-7H2,1H3,(H,12,13,16). The first-order chi connectivity index (χ1) is 8.13. The molecule has 1 heterocycles. The van der Waals surface area contributed by atoms with Crippen molar-refractivity contribution in [3.05, 3.63) is 11.6 Å². The van der Waals surface area contributed by atoms with Gasteiger partial charge >= 0.3 is 0 Å². The van der Waals surface area contributed by atoms with Gasteiger partial charge in [0.2, 0.25) is 5.91 Å². The number of carbonyl (C=O) groups excluding carboxylic acids is 1. The van der Waals surface area contributed by atoms with Crippen LogP contribution in [-0.2, 0) is 4.79 Å². The third-order valence-electron chi connectivity index (χ3n) is 2.87. The third kappa shape index (κ3) is 3.76. The normalized spacial score (nSPS) is 23.5. The van der Waals surface area contributed by atoms with E-state index in [0.717, 1.165) is 19.4 Å². The number of thiazole rings is 1. The van der Waals surface area contributed by atoms with Gasteiger partial charge in [-0.3, -0.25) is 9.69 Å². The topological polar surface area (TPSA) is 65.5 Å². The summed E-state index contributed by atoms with van der Waals surface area (Å²) in [7, 11) is 1.92. The molecule has 1 aliphatic rings. The number of aliphatic hydroxyl groups excluding tert-OH is 1. The highest BCUT2D eigenvalue weighted by molar-refractivity contribution is 7.13. The summed E-state index contributed by atoms with van der Waals surface area (Å²) in [4.78, 5) is 17.6. The van der Waals surface area contributed by atoms with Gasteiger partial charge in [0, 0.05) is 18.1 Å². The highest BCUT2D eigenvalue weighted by Gasteiger charge is 2.28. The van der Waals surface area contributed by atoms with Crippen molar-refractivity contribution in [2.75, 3.05) is 25.5 Å². The van der Waals surface area contributed by atoms with E-state index in [0.29, 0.717) is 17.6 Å². The molecule has 6 heteroatoms. The molecule has 0 radical (unpaired) electrons. The number of nitrogens with zero attached hydrogens (tertiary/aromatic N) is 2. The van der Waals surface area contributed by atoms with Crippen LogP contribution in [0.25, 0.3) is 0 Å². The predicted octanol–water partition coefficient (Wildman–Crippen LogP) is 0.784. The highest BCUT2D eigenvalue weighted by atomic mass is 32.1. The summed E-state index contributed by atoms with van der Waals surface area (Å²) in [6.07, 6.45) is 3.26. The fourth-order valence-corrected chi connectivity index (χ4v) is 2.59. The van der Waals surface area contributed by atoms with E-state index >= 15 is 0 Å². The average molecular weight is 255 g/mol. The summed E-state index contributed by atoms with van der Waals surface area (Å²) in [5, 5.41) is 14.4. The molecule has 0 saturated heterocycles. The highest BCUT2D eigenvalue weighted by Crippen LogP contribution is 2.27. The van der Waals surface area contributed by atoms with Gasteiger partial charge in [-0.05, 0) is 25.8 Å². The molecule has 0 bridgehead atoms. The molecule has 1 aromatic rings. The van der Waals surface area contributed by atoms with E-state index in [9.17, 15) is 9.90 Å². The maximum Gasteiger partial charge on any atom is 0.240 e. The van der Waals surface area contributed by atoms with Crippen molar-refractivity contribution in [2.24, 2.45) is 5.92 Å². The van der Waals surface area contributed by atoms with Crippen LogP contribution in [0.3, 0.4) is 0 Å². The first-order valence-corrected chi connectivity index (χ1v) is 6.57. The number of hydrogen-bond acceptors (Lipinski definition) is 5. The number of nitrogens with one attached hydrogen (secondary N) is 1. The van der Waals surface area contributed by atoms with Crippen LogP contribution in [0.2, 0.25) is 0 Å². The molecule has 0 aromatic carbocycles. The maximum atomic E-state index is 11.6. The number of rotatable bonds is 5. The van der Waals surface area contributed by atoms with Crippen LogP contribution in [-0.4, -0.2) is 47.1 Å². The van der Waals surface area contributed by atoms with Gasteiger partial charge in [-0.1, -0.05) is 0 Å². The molecule has 1 amide bonds. The predicted molar refractivity (Wildman–Crippen MR) is 67.0 cm³/mol. The zero-order valence-corrected chi connectivity index (χ0v) is 10.6. The van der Waals surface area contributed by atoms with Crippen molar-refractivity contribution in [1.82, 2.24) is 9.88 Å². The van der Waals surface area contributed by atoms with Gasteiger partial charge in [-0.15, -0.1) is 11.3 Å². The van der Waals surface area contributed by atoms with Crippen LogP contribution < -0.4 is 5.32 Å². The van der Waals surface area contributed by atoms with Crippen molar-refractivity contribution in [3.63, 3.8) is 0 Å². The third-order valence-corrected chi connectivity index (χ3v) is 3.56. The first kappa shape index (κ1) is 12.5. The molecule has 1 fully saturated rings. The molecule has 2 N–H and O–H groups in total. The summed E-state index contributed by atoms with van der Waals surface area (Å²) in [5.74, 6) is 0.491. The van der Waals surface area contributed by atoms with Gasteiger partial charge in [0.05, 0.1) is 12.6 Å². The van der Waals surface area contributed by atoms with Crippen LogP contribution in [0.4, 0.5) is 5.13 Å². The molecule has 1 aliphatic carbocycles. The van der Waals surface area contributed by atoms with Gasteiger partial charge in [0.1, 0.15) is 0 Å². The Morgan fingerprint density at radius 3 is 3.06 bits per heavy atom. The summed E-state index contributed by atoms with van der Waals surface area (Å²) in [6.45, 7) is 1.23. The molecule has 0 atom stereocenters. The van der Waals surface area contributed by atoms with Crippen LogP contribution in [0.5, 0.6) is 0 Å². The Balaban J connectivity index is 1.67. The fraction of sp³-hybridized carbons (Fsp3) is 0.636. The number of aliphatic hydroxyl groups is 1. The largest absolute Gasteiger partial charge is 0.393 e. The summed E-state index contributed by atoms with van der Waals surface area (Å²) >= 11 is 1.41. The Morgan fingerprint density at radius 1 is 1.71 bits per heavy atom. The number of hydrogen-bond donors (Lipinski definition) is 2. The minimum absolute atomic E-state index is 0.0395.